The highest BCUT2D eigenvalue weighted by atomic mass is 35.5. The molecule has 0 aliphatic carbocycles. The molecule has 2 heterocycles. The summed E-state index contributed by atoms with van der Waals surface area (Å²) in [5.74, 6) is -0.395. The SMILES string of the molecule is O=C(OCCN1C2CCCC1CCC2)C(Cl)(c1ccccc1)c1ccccc1. The quantitative estimate of drug-likeness (QED) is 0.500. The number of hydrogen-bond donors (Lipinski definition) is 0. The van der Waals surface area contributed by atoms with Gasteiger partial charge >= 0.3 is 5.97 Å². The van der Waals surface area contributed by atoms with E-state index in [0.717, 1.165) is 17.7 Å². The van der Waals surface area contributed by atoms with E-state index < -0.39 is 10.8 Å². The third-order valence-corrected chi connectivity index (χ3v) is 6.89. The molecular formula is C24H28ClNO2. The topological polar surface area (TPSA) is 29.5 Å². The molecule has 4 heteroatoms. The molecule has 28 heavy (non-hydrogen) atoms. The van der Waals surface area contributed by atoms with Crippen LogP contribution in [-0.4, -0.2) is 36.1 Å². The van der Waals surface area contributed by atoms with E-state index >= 15 is 0 Å². The van der Waals surface area contributed by atoms with Gasteiger partial charge in [0.05, 0.1) is 0 Å². The van der Waals surface area contributed by atoms with Gasteiger partial charge in [0.25, 0.3) is 0 Å². The van der Waals surface area contributed by atoms with Crippen molar-refractivity contribution in [2.24, 2.45) is 0 Å². The third-order valence-electron chi connectivity index (χ3n) is 6.29. The van der Waals surface area contributed by atoms with Gasteiger partial charge in [-0.05, 0) is 36.8 Å². The van der Waals surface area contributed by atoms with Crippen molar-refractivity contribution in [3.63, 3.8) is 0 Å². The van der Waals surface area contributed by atoms with Crippen LogP contribution in [0.25, 0.3) is 0 Å². The molecule has 2 aromatic rings. The van der Waals surface area contributed by atoms with E-state index in [1.54, 1.807) is 0 Å². The average Bonchev–Trinajstić information content (AvgIpc) is 2.74. The number of benzene rings is 2. The molecule has 0 atom stereocenters. The summed E-state index contributed by atoms with van der Waals surface area (Å²) >= 11 is 6.97. The summed E-state index contributed by atoms with van der Waals surface area (Å²) in [5, 5.41) is 0. The second kappa shape index (κ2) is 8.67. The van der Waals surface area contributed by atoms with E-state index in [1.165, 1.54) is 38.5 Å². The molecular weight excluding hydrogens is 370 g/mol. The van der Waals surface area contributed by atoms with Gasteiger partial charge in [0.2, 0.25) is 0 Å². The van der Waals surface area contributed by atoms with Crippen LogP contribution in [0.2, 0.25) is 0 Å². The Morgan fingerprint density at radius 1 is 0.893 bits per heavy atom. The van der Waals surface area contributed by atoms with E-state index in [0.29, 0.717) is 18.7 Å². The average molecular weight is 398 g/mol. The molecule has 4 rings (SSSR count). The van der Waals surface area contributed by atoms with Crippen molar-refractivity contribution in [3.05, 3.63) is 71.8 Å². The van der Waals surface area contributed by atoms with Crippen LogP contribution in [0.1, 0.15) is 49.7 Å². The molecule has 0 N–H and O–H groups in total. The summed E-state index contributed by atoms with van der Waals surface area (Å²) in [6, 6.07) is 20.3. The molecule has 2 aliphatic heterocycles. The lowest BCUT2D eigenvalue weighted by Gasteiger charge is -2.46. The summed E-state index contributed by atoms with van der Waals surface area (Å²) < 4.78 is 5.77. The Balaban J connectivity index is 1.48. The zero-order chi connectivity index (χ0) is 19.4. The van der Waals surface area contributed by atoms with Gasteiger partial charge in [-0.3, -0.25) is 4.90 Å². The lowest BCUT2D eigenvalue weighted by atomic mass is 9.84. The van der Waals surface area contributed by atoms with Crippen molar-refractivity contribution < 1.29 is 9.53 Å². The summed E-state index contributed by atoms with van der Waals surface area (Å²) in [6.07, 6.45) is 7.77. The summed E-state index contributed by atoms with van der Waals surface area (Å²) in [7, 11) is 0. The highest BCUT2D eigenvalue weighted by Crippen LogP contribution is 2.38. The normalized spacial score (nSPS) is 22.6. The number of nitrogens with zero attached hydrogens (tertiary/aromatic N) is 1. The van der Waals surface area contributed by atoms with Crippen molar-refractivity contribution >= 4 is 17.6 Å². The minimum Gasteiger partial charge on any atom is -0.463 e. The van der Waals surface area contributed by atoms with Gasteiger partial charge in [0.1, 0.15) is 6.61 Å². The molecule has 2 fully saturated rings. The summed E-state index contributed by atoms with van der Waals surface area (Å²) in [5.41, 5.74) is 1.48. The standard InChI is InChI=1S/C24H28ClNO2/c25-24(19-9-3-1-4-10-19,20-11-5-2-6-12-20)23(27)28-18-17-26-21-13-7-14-22(26)16-8-15-21/h1-6,9-12,21-22H,7-8,13-18H2. The number of piperidine rings is 2. The predicted molar refractivity (Wildman–Crippen MR) is 112 cm³/mol. The first-order valence-electron chi connectivity index (χ1n) is 10.4. The molecule has 0 aromatic heterocycles. The van der Waals surface area contributed by atoms with E-state index in [1.807, 2.05) is 60.7 Å². The fourth-order valence-corrected chi connectivity index (χ4v) is 5.18. The first kappa shape index (κ1) is 19.5. The maximum absolute atomic E-state index is 13.2. The highest BCUT2D eigenvalue weighted by Gasteiger charge is 2.42. The number of hydrogen-bond acceptors (Lipinski definition) is 3. The molecule has 2 saturated heterocycles. The highest BCUT2D eigenvalue weighted by molar-refractivity contribution is 6.36. The third kappa shape index (κ3) is 3.83. The molecule has 0 radical (unpaired) electrons. The van der Waals surface area contributed by atoms with Gasteiger partial charge < -0.3 is 4.74 Å². The summed E-state index contributed by atoms with van der Waals surface area (Å²) in [6.45, 7) is 1.19. The minimum atomic E-state index is -1.32. The van der Waals surface area contributed by atoms with Crippen LogP contribution in [0.3, 0.4) is 0 Å². The Morgan fingerprint density at radius 2 is 1.36 bits per heavy atom. The molecule has 148 valence electrons. The Labute approximate surface area is 172 Å². The predicted octanol–water partition coefficient (Wildman–Crippen LogP) is 5.12. The Hall–Kier alpha value is -1.84. The van der Waals surface area contributed by atoms with Crippen LogP contribution in [-0.2, 0) is 14.4 Å². The van der Waals surface area contributed by atoms with Crippen molar-refractivity contribution in [2.75, 3.05) is 13.2 Å². The van der Waals surface area contributed by atoms with Crippen molar-refractivity contribution in [1.29, 1.82) is 0 Å². The number of carbonyl (C=O) groups excluding carboxylic acids is 1. The van der Waals surface area contributed by atoms with Crippen molar-refractivity contribution in [3.8, 4) is 0 Å². The van der Waals surface area contributed by atoms with Crippen LogP contribution in [0.5, 0.6) is 0 Å². The van der Waals surface area contributed by atoms with Crippen molar-refractivity contribution in [2.45, 2.75) is 55.5 Å². The molecule has 3 nitrogen and oxygen atoms in total. The van der Waals surface area contributed by atoms with Gasteiger partial charge in [-0.15, -0.1) is 0 Å². The minimum absolute atomic E-state index is 0.389. The van der Waals surface area contributed by atoms with Gasteiger partial charge in [0.15, 0.2) is 4.87 Å². The Kier molecular flexibility index (Phi) is 6.03. The molecule has 2 bridgehead atoms. The Bertz CT molecular complexity index is 718. The molecule has 0 saturated carbocycles. The number of ether oxygens (including phenoxy) is 1. The van der Waals surface area contributed by atoms with Crippen LogP contribution < -0.4 is 0 Å². The number of esters is 1. The maximum Gasteiger partial charge on any atom is 0.336 e. The fourth-order valence-electron chi connectivity index (χ4n) is 4.87. The van der Waals surface area contributed by atoms with Crippen molar-refractivity contribution in [1.82, 2.24) is 4.90 Å². The number of halogens is 1. The zero-order valence-corrected chi connectivity index (χ0v) is 17.0. The van der Waals surface area contributed by atoms with E-state index in [4.69, 9.17) is 16.3 Å². The second-order valence-corrected chi connectivity index (χ2v) is 8.50. The Morgan fingerprint density at radius 3 is 1.82 bits per heavy atom. The second-order valence-electron chi connectivity index (χ2n) is 7.93. The van der Waals surface area contributed by atoms with Crippen LogP contribution in [0.15, 0.2) is 60.7 Å². The fraction of sp³-hybridized carbons (Fsp3) is 0.458. The molecule has 0 spiro atoms. The lowest BCUT2D eigenvalue weighted by Crippen LogP contribution is -2.51. The van der Waals surface area contributed by atoms with Gasteiger partial charge in [0, 0.05) is 18.6 Å². The van der Waals surface area contributed by atoms with E-state index in [2.05, 4.69) is 4.90 Å². The van der Waals surface area contributed by atoms with E-state index in [-0.39, 0.29) is 0 Å². The summed E-state index contributed by atoms with van der Waals surface area (Å²) in [4.78, 5) is 14.4. The number of carbonyl (C=O) groups is 1. The first-order chi connectivity index (χ1) is 13.7. The van der Waals surface area contributed by atoms with E-state index in [9.17, 15) is 4.79 Å². The van der Waals surface area contributed by atoms with Gasteiger partial charge in [-0.25, -0.2) is 4.79 Å². The molecule has 0 unspecified atom stereocenters. The van der Waals surface area contributed by atoms with Gasteiger partial charge in [-0.1, -0.05) is 85.1 Å². The maximum atomic E-state index is 13.2. The van der Waals surface area contributed by atoms with Gasteiger partial charge in [-0.2, -0.15) is 0 Å². The largest absolute Gasteiger partial charge is 0.463 e. The van der Waals surface area contributed by atoms with Crippen LogP contribution in [0, 0.1) is 0 Å². The molecule has 2 aliphatic rings. The first-order valence-corrected chi connectivity index (χ1v) is 10.8. The smallest absolute Gasteiger partial charge is 0.336 e. The number of fused-ring (bicyclic) bond motifs is 2. The zero-order valence-electron chi connectivity index (χ0n) is 16.2. The lowest BCUT2D eigenvalue weighted by molar-refractivity contribution is -0.147. The monoisotopic (exact) mass is 397 g/mol. The molecule has 0 amide bonds. The number of rotatable bonds is 6. The van der Waals surface area contributed by atoms with Crippen LogP contribution >= 0.6 is 11.6 Å². The van der Waals surface area contributed by atoms with Crippen LogP contribution in [0.4, 0.5) is 0 Å². The molecule has 2 aromatic carbocycles. The number of alkyl halides is 1.